The van der Waals surface area contributed by atoms with Gasteiger partial charge in [-0.2, -0.15) is 0 Å². The summed E-state index contributed by atoms with van der Waals surface area (Å²) in [5.74, 6) is 2.07. The molecule has 4 heteroatoms. The van der Waals surface area contributed by atoms with Crippen LogP contribution in [0.2, 0.25) is 18.1 Å². The van der Waals surface area contributed by atoms with E-state index in [1.165, 1.54) is 121 Å². The number of hydrogen-bond donors (Lipinski definition) is 1. The van der Waals surface area contributed by atoms with E-state index in [2.05, 4.69) is 47.6 Å². The van der Waals surface area contributed by atoms with Crippen LogP contribution >= 0.6 is 0 Å². The largest absolute Gasteiger partial charge is 0.414 e. The van der Waals surface area contributed by atoms with E-state index in [1.54, 1.807) is 5.57 Å². The van der Waals surface area contributed by atoms with Gasteiger partial charge in [0.1, 0.15) is 0 Å². The second kappa shape index (κ2) is 16.1. The molecule has 4 rings (SSSR count). The van der Waals surface area contributed by atoms with Crippen LogP contribution in [0.5, 0.6) is 0 Å². The van der Waals surface area contributed by atoms with Gasteiger partial charge in [-0.25, -0.2) is 0 Å². The van der Waals surface area contributed by atoms with Gasteiger partial charge in [0.2, 0.25) is 0 Å². The Balaban J connectivity index is 1.53. The van der Waals surface area contributed by atoms with E-state index in [-0.39, 0.29) is 16.4 Å². The molecular weight excluding hydrogens is 545 g/mol. The monoisotopic (exact) mass is 617 g/mol. The zero-order valence-electron chi connectivity index (χ0n) is 29.6. The van der Waals surface area contributed by atoms with Gasteiger partial charge in [-0.05, 0) is 106 Å². The van der Waals surface area contributed by atoms with Gasteiger partial charge in [-0.3, -0.25) is 0 Å². The molecule has 0 aliphatic heterocycles. The first-order valence-electron chi connectivity index (χ1n) is 19.4. The maximum absolute atomic E-state index is 11.2. The lowest BCUT2D eigenvalue weighted by molar-refractivity contribution is -0.162. The summed E-state index contributed by atoms with van der Waals surface area (Å²) in [6.45, 7) is 15.4. The molecule has 43 heavy (non-hydrogen) atoms. The number of hydrogen-bond acceptors (Lipinski definition) is 3. The predicted octanol–water partition coefficient (Wildman–Crippen LogP) is 11.4. The van der Waals surface area contributed by atoms with E-state index in [1.807, 2.05) is 0 Å². The third kappa shape index (κ3) is 7.23. The normalized spacial score (nSPS) is 35.7. The summed E-state index contributed by atoms with van der Waals surface area (Å²) >= 11 is 0. The maximum atomic E-state index is 11.2. The lowest BCUT2D eigenvalue weighted by Gasteiger charge is -2.60. The Morgan fingerprint density at radius 2 is 1.44 bits per heavy atom. The first kappa shape index (κ1) is 35.7. The van der Waals surface area contributed by atoms with Crippen molar-refractivity contribution in [3.05, 3.63) is 11.6 Å². The fourth-order valence-electron chi connectivity index (χ4n) is 11.1. The molecule has 0 spiro atoms. The van der Waals surface area contributed by atoms with Crippen LogP contribution in [0, 0.1) is 28.6 Å². The summed E-state index contributed by atoms with van der Waals surface area (Å²) in [5, 5.41) is 11.2. The molecule has 0 saturated heterocycles. The molecule has 250 valence electrons. The third-order valence-corrected chi connectivity index (χ3v) is 18.2. The molecule has 0 amide bonds. The van der Waals surface area contributed by atoms with Crippen molar-refractivity contribution in [1.82, 2.24) is 0 Å². The highest BCUT2D eigenvalue weighted by molar-refractivity contribution is 6.73. The smallest absolute Gasteiger partial charge is 0.193 e. The summed E-state index contributed by atoms with van der Waals surface area (Å²) in [7, 11) is -1.74. The van der Waals surface area contributed by atoms with Gasteiger partial charge in [0.15, 0.2) is 8.32 Å². The molecule has 3 nitrogen and oxygen atoms in total. The average molecular weight is 617 g/mol. The molecule has 7 atom stereocenters. The van der Waals surface area contributed by atoms with Gasteiger partial charge >= 0.3 is 0 Å². The van der Waals surface area contributed by atoms with Crippen molar-refractivity contribution >= 4 is 8.32 Å². The summed E-state index contributed by atoms with van der Waals surface area (Å²) in [6, 6.07) is 4.07. The number of allylic oxidation sites excluding steroid dienone is 1. The Bertz CT molecular complexity index is 851. The number of fused-ring (bicyclic) bond motifs is 5. The second-order valence-corrected chi connectivity index (χ2v) is 20.0. The predicted molar refractivity (Wildman–Crippen MR) is 186 cm³/mol. The fourth-order valence-corrected chi connectivity index (χ4v) is 16.2. The van der Waals surface area contributed by atoms with Gasteiger partial charge < -0.3 is 14.3 Å². The highest BCUT2D eigenvalue weighted by Crippen LogP contribution is 2.68. The molecule has 0 aromatic rings. The van der Waals surface area contributed by atoms with Crippen molar-refractivity contribution in [2.75, 3.05) is 13.2 Å². The Morgan fingerprint density at radius 1 is 0.791 bits per heavy atom. The Morgan fingerprint density at radius 3 is 2.05 bits per heavy atom. The number of aliphatic hydroxyl groups is 1. The van der Waals surface area contributed by atoms with Gasteiger partial charge in [-0.15, -0.1) is 0 Å². The highest BCUT2D eigenvalue weighted by Gasteiger charge is 2.65. The van der Waals surface area contributed by atoms with Crippen molar-refractivity contribution in [3.8, 4) is 0 Å². The zero-order valence-corrected chi connectivity index (χ0v) is 30.6. The molecule has 3 fully saturated rings. The lowest BCUT2D eigenvalue weighted by atomic mass is 9.46. The van der Waals surface area contributed by atoms with Crippen molar-refractivity contribution in [2.45, 2.75) is 193 Å². The van der Waals surface area contributed by atoms with E-state index in [0.29, 0.717) is 24.5 Å². The Labute approximate surface area is 268 Å². The quantitative estimate of drug-likeness (QED) is 0.0891. The van der Waals surface area contributed by atoms with Crippen LogP contribution < -0.4 is 0 Å². The summed E-state index contributed by atoms with van der Waals surface area (Å²) in [5.41, 5.74) is 1.94. The summed E-state index contributed by atoms with van der Waals surface area (Å²) in [4.78, 5) is 0. The highest BCUT2D eigenvalue weighted by atomic mass is 28.4. The number of aliphatic hydroxyl groups excluding tert-OH is 1. The maximum Gasteiger partial charge on any atom is 0.193 e. The van der Waals surface area contributed by atoms with Crippen LogP contribution in [0.4, 0.5) is 0 Å². The average Bonchev–Trinajstić information content (AvgIpc) is 3.31. The lowest BCUT2D eigenvalue weighted by Crippen LogP contribution is -2.57. The van der Waals surface area contributed by atoms with E-state index >= 15 is 0 Å². The summed E-state index contributed by atoms with van der Waals surface area (Å²) < 4.78 is 14.3. The molecule has 0 aromatic carbocycles. The molecule has 0 aromatic heterocycles. The minimum absolute atomic E-state index is 0.00255. The number of rotatable bonds is 19. The van der Waals surface area contributed by atoms with Gasteiger partial charge in [0.05, 0.1) is 12.2 Å². The molecule has 4 aliphatic rings. The van der Waals surface area contributed by atoms with Crippen molar-refractivity contribution in [3.63, 3.8) is 0 Å². The standard InChI is InChI=1S/C39H72O3Si/c1-7-12-16-17-23-39(41-11-5)26-22-35-34-19-18-32-30-33(20-25-38(32,31-40)36(34)21-24-37(35,39)6)42-43(27-13-8-2,28-14-9-3)29-15-10-4/h18,33-36,40H,7-17,19-31H2,1-6H3/t33-,34-,35-,36-,37-,38+,39-/m0/s1. The van der Waals surface area contributed by atoms with Crippen LogP contribution in [0.3, 0.4) is 0 Å². The van der Waals surface area contributed by atoms with E-state index in [9.17, 15) is 5.11 Å². The SMILES string of the molecule is CCCCCC[C@]1(OCC)CC[C@H]2[C@@H]3CC=C4C[C@@H](O[Si](CCCC)(CCCC)CCCC)CC[C@]4(CO)[C@H]3CC[C@@]21C. The zero-order chi connectivity index (χ0) is 31.0. The summed E-state index contributed by atoms with van der Waals surface area (Å²) in [6.07, 6.45) is 27.2. The Kier molecular flexibility index (Phi) is 13.4. The van der Waals surface area contributed by atoms with Crippen LogP contribution in [0.1, 0.15) is 164 Å². The van der Waals surface area contributed by atoms with Crippen LogP contribution in [0.15, 0.2) is 11.6 Å². The minimum Gasteiger partial charge on any atom is -0.414 e. The third-order valence-electron chi connectivity index (χ3n) is 13.6. The van der Waals surface area contributed by atoms with Gasteiger partial charge in [0.25, 0.3) is 0 Å². The van der Waals surface area contributed by atoms with Crippen LogP contribution in [-0.2, 0) is 9.16 Å². The molecule has 0 heterocycles. The molecule has 3 saturated carbocycles. The van der Waals surface area contributed by atoms with Gasteiger partial charge in [-0.1, -0.05) is 110 Å². The first-order chi connectivity index (χ1) is 20.8. The van der Waals surface area contributed by atoms with Crippen molar-refractivity contribution in [1.29, 1.82) is 0 Å². The molecule has 0 radical (unpaired) electrons. The van der Waals surface area contributed by atoms with E-state index in [4.69, 9.17) is 9.16 Å². The number of ether oxygens (including phenoxy) is 1. The molecule has 4 aliphatic carbocycles. The fraction of sp³-hybridized carbons (Fsp3) is 0.949. The molecule has 0 unspecified atom stereocenters. The molecule has 0 bridgehead atoms. The second-order valence-electron chi connectivity index (χ2n) is 15.9. The Hall–Kier alpha value is -0.163. The van der Waals surface area contributed by atoms with Gasteiger partial charge in [0, 0.05) is 18.1 Å². The van der Waals surface area contributed by atoms with Crippen LogP contribution in [0.25, 0.3) is 0 Å². The van der Waals surface area contributed by atoms with E-state index < -0.39 is 8.32 Å². The van der Waals surface area contributed by atoms with E-state index in [0.717, 1.165) is 31.8 Å². The van der Waals surface area contributed by atoms with Crippen molar-refractivity contribution in [2.24, 2.45) is 28.6 Å². The molecule has 1 N–H and O–H groups in total. The van der Waals surface area contributed by atoms with Crippen molar-refractivity contribution < 1.29 is 14.3 Å². The first-order valence-corrected chi connectivity index (χ1v) is 22.0. The number of unbranched alkanes of at least 4 members (excludes halogenated alkanes) is 6. The minimum atomic E-state index is -1.74. The topological polar surface area (TPSA) is 38.7 Å². The van der Waals surface area contributed by atoms with Crippen LogP contribution in [-0.4, -0.2) is 38.3 Å². The molecular formula is C39H72O3Si.